The molecule has 0 saturated carbocycles. The molecule has 0 aliphatic carbocycles. The SMILES string of the molecule is CC(C)(O)CC(C)(C)C(=O)O. The Morgan fingerprint density at radius 1 is 1.27 bits per heavy atom. The first-order valence-corrected chi connectivity index (χ1v) is 3.61. The molecule has 0 atom stereocenters. The highest BCUT2D eigenvalue weighted by Gasteiger charge is 2.33. The third-order valence-corrected chi connectivity index (χ3v) is 1.45. The summed E-state index contributed by atoms with van der Waals surface area (Å²) in [6.07, 6.45) is 0.259. The van der Waals surface area contributed by atoms with Crippen LogP contribution in [0, 0.1) is 5.41 Å². The zero-order valence-electron chi connectivity index (χ0n) is 7.51. The lowest BCUT2D eigenvalue weighted by Crippen LogP contribution is -2.33. The number of hydrogen-bond donors (Lipinski definition) is 2. The van der Waals surface area contributed by atoms with Crippen molar-refractivity contribution in [1.82, 2.24) is 0 Å². The van der Waals surface area contributed by atoms with Crippen molar-refractivity contribution in [1.29, 1.82) is 0 Å². The highest BCUT2D eigenvalue weighted by Crippen LogP contribution is 2.27. The van der Waals surface area contributed by atoms with E-state index in [4.69, 9.17) is 5.11 Å². The van der Waals surface area contributed by atoms with Crippen molar-refractivity contribution in [3.63, 3.8) is 0 Å². The second-order valence-corrected chi connectivity index (χ2v) is 4.18. The van der Waals surface area contributed by atoms with Crippen LogP contribution in [0.15, 0.2) is 0 Å². The van der Waals surface area contributed by atoms with E-state index < -0.39 is 17.0 Å². The average Bonchev–Trinajstić information content (AvgIpc) is 1.56. The van der Waals surface area contributed by atoms with E-state index in [0.29, 0.717) is 0 Å². The van der Waals surface area contributed by atoms with Crippen LogP contribution in [0.5, 0.6) is 0 Å². The molecule has 0 fully saturated rings. The van der Waals surface area contributed by atoms with E-state index in [1.165, 1.54) is 0 Å². The van der Waals surface area contributed by atoms with E-state index in [0.717, 1.165) is 0 Å². The quantitative estimate of drug-likeness (QED) is 0.653. The van der Waals surface area contributed by atoms with E-state index in [1.807, 2.05) is 0 Å². The molecule has 0 aliphatic heterocycles. The lowest BCUT2D eigenvalue weighted by molar-refractivity contribution is -0.150. The molecule has 0 bridgehead atoms. The maximum absolute atomic E-state index is 10.6. The molecule has 3 nitrogen and oxygen atoms in total. The molecule has 0 aliphatic rings. The first-order chi connectivity index (χ1) is 4.65. The number of aliphatic hydroxyl groups is 1. The normalized spacial score (nSPS) is 13.2. The van der Waals surface area contributed by atoms with Gasteiger partial charge in [0, 0.05) is 0 Å². The fourth-order valence-electron chi connectivity index (χ4n) is 1.16. The molecule has 0 rings (SSSR count). The molecule has 3 heteroatoms. The molecular weight excluding hydrogens is 144 g/mol. The Labute approximate surface area is 67.0 Å². The van der Waals surface area contributed by atoms with Crippen LogP contribution < -0.4 is 0 Å². The highest BCUT2D eigenvalue weighted by atomic mass is 16.4. The molecular formula is C8H16O3. The van der Waals surface area contributed by atoms with Crippen LogP contribution in [-0.4, -0.2) is 21.8 Å². The van der Waals surface area contributed by atoms with Crippen molar-refractivity contribution in [2.45, 2.75) is 39.7 Å². The van der Waals surface area contributed by atoms with E-state index in [9.17, 15) is 9.90 Å². The summed E-state index contributed by atoms with van der Waals surface area (Å²) in [4.78, 5) is 10.6. The van der Waals surface area contributed by atoms with Gasteiger partial charge in [0.1, 0.15) is 0 Å². The van der Waals surface area contributed by atoms with Gasteiger partial charge in [-0.3, -0.25) is 4.79 Å². The standard InChI is InChI=1S/C8H16O3/c1-7(2,6(9)10)5-8(3,4)11/h11H,5H2,1-4H3,(H,9,10). The Hall–Kier alpha value is -0.570. The summed E-state index contributed by atoms with van der Waals surface area (Å²) in [6, 6.07) is 0. The lowest BCUT2D eigenvalue weighted by Gasteiger charge is -2.27. The molecule has 0 aromatic heterocycles. The highest BCUT2D eigenvalue weighted by molar-refractivity contribution is 5.73. The van der Waals surface area contributed by atoms with Crippen LogP contribution in [0.4, 0.5) is 0 Å². The van der Waals surface area contributed by atoms with Crippen LogP contribution >= 0.6 is 0 Å². The Morgan fingerprint density at radius 3 is 1.73 bits per heavy atom. The zero-order valence-corrected chi connectivity index (χ0v) is 7.51. The molecule has 0 radical (unpaired) electrons. The Morgan fingerprint density at radius 2 is 1.64 bits per heavy atom. The van der Waals surface area contributed by atoms with Gasteiger partial charge in [0.05, 0.1) is 11.0 Å². The van der Waals surface area contributed by atoms with Crippen molar-refractivity contribution >= 4 is 5.97 Å². The average molecular weight is 160 g/mol. The van der Waals surface area contributed by atoms with Gasteiger partial charge in [-0.05, 0) is 34.1 Å². The van der Waals surface area contributed by atoms with Crippen molar-refractivity contribution in [3.8, 4) is 0 Å². The summed E-state index contributed by atoms with van der Waals surface area (Å²) in [7, 11) is 0. The van der Waals surface area contributed by atoms with Crippen LogP contribution in [0.1, 0.15) is 34.1 Å². The van der Waals surface area contributed by atoms with Crippen LogP contribution in [0.2, 0.25) is 0 Å². The van der Waals surface area contributed by atoms with Gasteiger partial charge in [-0.15, -0.1) is 0 Å². The molecule has 0 saturated heterocycles. The van der Waals surface area contributed by atoms with Crippen molar-refractivity contribution < 1.29 is 15.0 Å². The first kappa shape index (κ1) is 10.4. The number of carbonyl (C=O) groups is 1. The maximum Gasteiger partial charge on any atom is 0.309 e. The molecule has 0 aromatic rings. The number of hydrogen-bond acceptors (Lipinski definition) is 2. The zero-order chi connectivity index (χ0) is 9.28. The van der Waals surface area contributed by atoms with Gasteiger partial charge in [-0.25, -0.2) is 0 Å². The Bertz CT molecular complexity index is 153. The minimum atomic E-state index is -0.915. The van der Waals surface area contributed by atoms with E-state index in [-0.39, 0.29) is 6.42 Å². The minimum absolute atomic E-state index is 0.259. The minimum Gasteiger partial charge on any atom is -0.481 e. The molecule has 0 heterocycles. The second-order valence-electron chi connectivity index (χ2n) is 4.18. The third kappa shape index (κ3) is 3.98. The lowest BCUT2D eigenvalue weighted by atomic mass is 9.82. The number of carboxylic acid groups (broad SMARTS) is 1. The summed E-state index contributed by atoms with van der Waals surface area (Å²) in [5, 5.41) is 18.0. The van der Waals surface area contributed by atoms with Gasteiger partial charge in [0.25, 0.3) is 0 Å². The van der Waals surface area contributed by atoms with Gasteiger partial charge in [-0.2, -0.15) is 0 Å². The van der Waals surface area contributed by atoms with Crippen molar-refractivity contribution in [3.05, 3.63) is 0 Å². The molecule has 0 spiro atoms. The van der Waals surface area contributed by atoms with Gasteiger partial charge < -0.3 is 10.2 Å². The van der Waals surface area contributed by atoms with Crippen molar-refractivity contribution in [2.24, 2.45) is 5.41 Å². The Kier molecular flexibility index (Phi) is 2.67. The van der Waals surface area contributed by atoms with Gasteiger partial charge in [0.15, 0.2) is 0 Å². The molecule has 0 unspecified atom stereocenters. The molecule has 11 heavy (non-hydrogen) atoms. The fraction of sp³-hybridized carbons (Fsp3) is 0.875. The maximum atomic E-state index is 10.6. The van der Waals surface area contributed by atoms with Gasteiger partial charge in [-0.1, -0.05) is 0 Å². The van der Waals surface area contributed by atoms with E-state index in [2.05, 4.69) is 0 Å². The third-order valence-electron chi connectivity index (χ3n) is 1.45. The molecule has 0 amide bonds. The second kappa shape index (κ2) is 2.81. The van der Waals surface area contributed by atoms with Crippen LogP contribution in [0.25, 0.3) is 0 Å². The topological polar surface area (TPSA) is 57.5 Å². The van der Waals surface area contributed by atoms with Gasteiger partial charge >= 0.3 is 5.97 Å². The predicted molar refractivity (Wildman–Crippen MR) is 42.3 cm³/mol. The Balaban J connectivity index is 4.25. The smallest absolute Gasteiger partial charge is 0.309 e. The summed E-state index contributed by atoms with van der Waals surface area (Å²) in [5.41, 5.74) is -1.76. The van der Waals surface area contributed by atoms with E-state index >= 15 is 0 Å². The van der Waals surface area contributed by atoms with E-state index in [1.54, 1.807) is 27.7 Å². The number of carboxylic acids is 1. The monoisotopic (exact) mass is 160 g/mol. The molecule has 66 valence electrons. The number of rotatable bonds is 3. The first-order valence-electron chi connectivity index (χ1n) is 3.61. The molecule has 2 N–H and O–H groups in total. The van der Waals surface area contributed by atoms with Gasteiger partial charge in [0.2, 0.25) is 0 Å². The number of aliphatic carboxylic acids is 1. The predicted octanol–water partition coefficient (Wildman–Crippen LogP) is 1.26. The van der Waals surface area contributed by atoms with Crippen LogP contribution in [-0.2, 0) is 4.79 Å². The van der Waals surface area contributed by atoms with Crippen molar-refractivity contribution in [2.75, 3.05) is 0 Å². The summed E-state index contributed by atoms with van der Waals surface area (Å²) < 4.78 is 0. The summed E-state index contributed by atoms with van der Waals surface area (Å²) in [5.74, 6) is -0.875. The summed E-state index contributed by atoms with van der Waals surface area (Å²) >= 11 is 0. The van der Waals surface area contributed by atoms with Crippen LogP contribution in [0.3, 0.4) is 0 Å². The fourth-order valence-corrected chi connectivity index (χ4v) is 1.16. The summed E-state index contributed by atoms with van der Waals surface area (Å²) in [6.45, 7) is 6.43. The molecule has 0 aromatic carbocycles. The largest absolute Gasteiger partial charge is 0.481 e.